The standard InChI is InChI=1S/C16H18F2N6O/c17-16(18)9-24(12(25)2-5-19)15(16)4-1-7-23(8-15)14-11-3-6-20-13(11)21-10-22-14/h3,6,10,12,25H,1-2,4,7-9H2,(H,20,21,22). The first kappa shape index (κ1) is 16.2. The number of nitrogens with zero attached hydrogens (tertiary/aromatic N) is 5. The molecule has 132 valence electrons. The van der Waals surface area contributed by atoms with E-state index >= 15 is 0 Å². The molecule has 9 heteroatoms. The summed E-state index contributed by atoms with van der Waals surface area (Å²) in [6.45, 7) is 0.143. The van der Waals surface area contributed by atoms with E-state index in [1.807, 2.05) is 17.0 Å². The fraction of sp³-hybridized carbons (Fsp3) is 0.562. The lowest BCUT2D eigenvalue weighted by Crippen LogP contribution is -2.81. The smallest absolute Gasteiger partial charge is 0.280 e. The number of rotatable bonds is 3. The van der Waals surface area contributed by atoms with E-state index in [1.54, 1.807) is 6.20 Å². The van der Waals surface area contributed by atoms with Gasteiger partial charge in [0.05, 0.1) is 24.4 Å². The number of hydrogen-bond donors (Lipinski definition) is 2. The Morgan fingerprint density at radius 1 is 1.40 bits per heavy atom. The second-order valence-corrected chi connectivity index (χ2v) is 6.67. The Kier molecular flexibility index (Phi) is 3.63. The Balaban J connectivity index is 1.68. The number of likely N-dealkylation sites (tertiary alicyclic amines) is 1. The van der Waals surface area contributed by atoms with Gasteiger partial charge >= 0.3 is 0 Å². The van der Waals surface area contributed by atoms with Gasteiger partial charge in [-0.05, 0) is 18.9 Å². The van der Waals surface area contributed by atoms with E-state index in [0.717, 1.165) is 5.39 Å². The molecule has 2 fully saturated rings. The number of aromatic amines is 1. The van der Waals surface area contributed by atoms with Gasteiger partial charge in [-0.15, -0.1) is 0 Å². The molecule has 2 aliphatic rings. The zero-order valence-electron chi connectivity index (χ0n) is 13.5. The molecule has 2 aromatic rings. The van der Waals surface area contributed by atoms with Crippen molar-refractivity contribution in [2.24, 2.45) is 0 Å². The number of fused-ring (bicyclic) bond motifs is 1. The van der Waals surface area contributed by atoms with E-state index in [-0.39, 0.29) is 19.4 Å². The molecule has 2 atom stereocenters. The predicted octanol–water partition coefficient (Wildman–Crippen LogP) is 1.48. The number of nitriles is 1. The van der Waals surface area contributed by atoms with E-state index in [2.05, 4.69) is 15.0 Å². The summed E-state index contributed by atoms with van der Waals surface area (Å²) in [6, 6.07) is 3.68. The van der Waals surface area contributed by atoms with Crippen LogP contribution in [0.1, 0.15) is 19.3 Å². The maximum absolute atomic E-state index is 14.6. The maximum atomic E-state index is 14.6. The number of nitrogens with one attached hydrogen (secondary N) is 1. The van der Waals surface area contributed by atoms with Gasteiger partial charge in [0, 0.05) is 19.3 Å². The average molecular weight is 348 g/mol. The molecule has 0 aromatic carbocycles. The summed E-state index contributed by atoms with van der Waals surface area (Å²) >= 11 is 0. The highest BCUT2D eigenvalue weighted by molar-refractivity contribution is 5.87. The van der Waals surface area contributed by atoms with Crippen LogP contribution in [0.4, 0.5) is 14.6 Å². The van der Waals surface area contributed by atoms with E-state index in [9.17, 15) is 13.9 Å². The van der Waals surface area contributed by atoms with E-state index in [0.29, 0.717) is 24.4 Å². The van der Waals surface area contributed by atoms with Crippen LogP contribution in [-0.4, -0.2) is 62.3 Å². The normalized spacial score (nSPS) is 27.2. The fourth-order valence-corrected chi connectivity index (χ4v) is 4.07. The number of aromatic nitrogens is 3. The third kappa shape index (κ3) is 2.28. The highest BCUT2D eigenvalue weighted by Gasteiger charge is 2.69. The van der Waals surface area contributed by atoms with Gasteiger partial charge in [-0.3, -0.25) is 4.90 Å². The molecule has 2 unspecified atom stereocenters. The molecule has 0 bridgehead atoms. The highest BCUT2D eigenvalue weighted by atomic mass is 19.3. The van der Waals surface area contributed by atoms with Crippen molar-refractivity contribution in [3.8, 4) is 6.07 Å². The molecular weight excluding hydrogens is 330 g/mol. The van der Waals surface area contributed by atoms with Gasteiger partial charge in [0.2, 0.25) is 0 Å². The maximum Gasteiger partial charge on any atom is 0.280 e. The summed E-state index contributed by atoms with van der Waals surface area (Å²) in [4.78, 5) is 14.6. The Hall–Kier alpha value is -2.31. The molecule has 2 N–H and O–H groups in total. The van der Waals surface area contributed by atoms with Gasteiger partial charge in [-0.2, -0.15) is 5.26 Å². The molecule has 4 heterocycles. The number of alkyl halides is 2. The number of aliphatic hydroxyl groups excluding tert-OH is 1. The van der Waals surface area contributed by atoms with Crippen LogP contribution in [0.25, 0.3) is 11.0 Å². The van der Waals surface area contributed by atoms with E-state index in [1.165, 1.54) is 11.2 Å². The van der Waals surface area contributed by atoms with Crippen molar-refractivity contribution in [1.82, 2.24) is 19.9 Å². The molecule has 2 aromatic heterocycles. The lowest BCUT2D eigenvalue weighted by molar-refractivity contribution is -0.286. The summed E-state index contributed by atoms with van der Waals surface area (Å²) < 4.78 is 29.1. The molecule has 0 amide bonds. The molecular formula is C16H18F2N6O. The lowest BCUT2D eigenvalue weighted by Gasteiger charge is -2.62. The van der Waals surface area contributed by atoms with Crippen LogP contribution < -0.4 is 4.90 Å². The SMILES string of the molecule is N#CCC(O)N1CC(F)(F)C12CCCN(c1ncnc3[nH]ccc13)C2. The van der Waals surface area contributed by atoms with Crippen molar-refractivity contribution in [1.29, 1.82) is 5.26 Å². The number of halogens is 2. The molecule has 0 aliphatic carbocycles. The Morgan fingerprint density at radius 2 is 2.24 bits per heavy atom. The lowest BCUT2D eigenvalue weighted by atomic mass is 9.73. The fourth-order valence-electron chi connectivity index (χ4n) is 4.07. The van der Waals surface area contributed by atoms with Crippen LogP contribution >= 0.6 is 0 Å². The molecule has 1 spiro atoms. The quantitative estimate of drug-likeness (QED) is 0.873. The minimum Gasteiger partial charge on any atom is -0.377 e. The summed E-state index contributed by atoms with van der Waals surface area (Å²) in [5.74, 6) is -2.30. The van der Waals surface area contributed by atoms with E-state index in [4.69, 9.17) is 5.26 Å². The van der Waals surface area contributed by atoms with Gasteiger partial charge in [0.15, 0.2) is 0 Å². The molecule has 2 aliphatic heterocycles. The molecule has 2 saturated heterocycles. The van der Waals surface area contributed by atoms with Crippen molar-refractivity contribution >= 4 is 16.9 Å². The molecule has 25 heavy (non-hydrogen) atoms. The summed E-state index contributed by atoms with van der Waals surface area (Å²) in [5.41, 5.74) is -0.805. The number of H-pyrrole nitrogens is 1. The van der Waals surface area contributed by atoms with Crippen LogP contribution in [0, 0.1) is 11.3 Å². The minimum atomic E-state index is -2.91. The van der Waals surface area contributed by atoms with Crippen molar-refractivity contribution in [3.05, 3.63) is 18.6 Å². The monoisotopic (exact) mass is 348 g/mol. The third-order valence-corrected chi connectivity index (χ3v) is 5.34. The van der Waals surface area contributed by atoms with Gasteiger partial charge in [-0.25, -0.2) is 18.7 Å². The van der Waals surface area contributed by atoms with Gasteiger partial charge < -0.3 is 15.0 Å². The number of anilines is 1. The summed E-state index contributed by atoms with van der Waals surface area (Å²) in [7, 11) is 0. The van der Waals surface area contributed by atoms with Crippen LogP contribution in [0.15, 0.2) is 18.6 Å². The second-order valence-electron chi connectivity index (χ2n) is 6.67. The third-order valence-electron chi connectivity index (χ3n) is 5.34. The number of hydrogen-bond acceptors (Lipinski definition) is 6. The first-order valence-corrected chi connectivity index (χ1v) is 8.21. The summed E-state index contributed by atoms with van der Waals surface area (Å²) in [5, 5.41) is 19.7. The second kappa shape index (κ2) is 5.61. The first-order valence-electron chi connectivity index (χ1n) is 8.21. The summed E-state index contributed by atoms with van der Waals surface area (Å²) in [6.07, 6.45) is 2.62. The van der Waals surface area contributed by atoms with Crippen molar-refractivity contribution in [3.63, 3.8) is 0 Å². The Bertz CT molecular complexity index is 833. The zero-order chi connectivity index (χ0) is 17.7. The van der Waals surface area contributed by atoms with Crippen LogP contribution in [0.3, 0.4) is 0 Å². The highest BCUT2D eigenvalue weighted by Crippen LogP contribution is 2.51. The molecule has 4 rings (SSSR count). The molecule has 0 saturated carbocycles. The van der Waals surface area contributed by atoms with Crippen molar-refractivity contribution in [2.75, 3.05) is 24.5 Å². The van der Waals surface area contributed by atoms with E-state index < -0.39 is 24.2 Å². The molecule has 7 nitrogen and oxygen atoms in total. The van der Waals surface area contributed by atoms with Crippen LogP contribution in [0.5, 0.6) is 0 Å². The Labute approximate surface area is 142 Å². The van der Waals surface area contributed by atoms with Crippen molar-refractivity contribution in [2.45, 2.75) is 37.0 Å². The van der Waals surface area contributed by atoms with Gasteiger partial charge in [0.25, 0.3) is 5.92 Å². The number of aliphatic hydroxyl groups is 1. The van der Waals surface area contributed by atoms with Gasteiger partial charge in [-0.1, -0.05) is 0 Å². The topological polar surface area (TPSA) is 92.1 Å². The average Bonchev–Trinajstić information content (AvgIpc) is 3.08. The van der Waals surface area contributed by atoms with Crippen LogP contribution in [0.2, 0.25) is 0 Å². The first-order chi connectivity index (χ1) is 12.0. The Morgan fingerprint density at radius 3 is 3.00 bits per heavy atom. The number of piperidine rings is 1. The largest absolute Gasteiger partial charge is 0.377 e. The minimum absolute atomic E-state index is 0.0553. The van der Waals surface area contributed by atoms with Gasteiger partial charge in [0.1, 0.15) is 29.6 Å². The zero-order valence-corrected chi connectivity index (χ0v) is 13.5. The molecule has 0 radical (unpaired) electrons. The van der Waals surface area contributed by atoms with Crippen LogP contribution in [-0.2, 0) is 0 Å². The van der Waals surface area contributed by atoms with Crippen molar-refractivity contribution < 1.29 is 13.9 Å². The predicted molar refractivity (Wildman–Crippen MR) is 86.0 cm³/mol.